The van der Waals surface area contributed by atoms with Crippen molar-refractivity contribution in [1.29, 1.82) is 0 Å². The van der Waals surface area contributed by atoms with Crippen LogP contribution in [0.2, 0.25) is 0 Å². The van der Waals surface area contributed by atoms with Crippen molar-refractivity contribution in [3.05, 3.63) is 27.9 Å². The summed E-state index contributed by atoms with van der Waals surface area (Å²) in [7, 11) is 0. The first kappa shape index (κ1) is 12.9. The van der Waals surface area contributed by atoms with E-state index in [1.54, 1.807) is 6.07 Å². The Balaban J connectivity index is 2.62. The van der Waals surface area contributed by atoms with Gasteiger partial charge in [-0.1, -0.05) is 20.3 Å². The molecule has 4 nitrogen and oxygen atoms in total. The minimum Gasteiger partial charge on any atom is -0.311 e. The molecule has 0 bridgehead atoms. The van der Waals surface area contributed by atoms with Crippen LogP contribution in [0.15, 0.2) is 10.9 Å². The van der Waals surface area contributed by atoms with Crippen LogP contribution in [0.25, 0.3) is 0 Å². The van der Waals surface area contributed by atoms with Gasteiger partial charge < -0.3 is 10.3 Å². The molecule has 0 aliphatic heterocycles. The van der Waals surface area contributed by atoms with Crippen molar-refractivity contribution in [1.82, 2.24) is 15.3 Å². The Morgan fingerprint density at radius 1 is 1.38 bits per heavy atom. The third kappa shape index (κ3) is 4.57. The molecule has 1 rings (SSSR count). The van der Waals surface area contributed by atoms with Gasteiger partial charge in [-0.25, -0.2) is 4.98 Å². The quantitative estimate of drug-likeness (QED) is 0.690. The van der Waals surface area contributed by atoms with Crippen molar-refractivity contribution in [2.24, 2.45) is 0 Å². The van der Waals surface area contributed by atoms with Crippen LogP contribution in [-0.4, -0.2) is 16.5 Å². The van der Waals surface area contributed by atoms with E-state index in [-0.39, 0.29) is 5.56 Å². The van der Waals surface area contributed by atoms with Crippen molar-refractivity contribution in [2.75, 3.05) is 6.54 Å². The summed E-state index contributed by atoms with van der Waals surface area (Å²) in [6, 6.07) is 1.57. The van der Waals surface area contributed by atoms with Gasteiger partial charge in [0.2, 0.25) is 0 Å². The minimum atomic E-state index is -0.0469. The lowest BCUT2D eigenvalue weighted by Gasteiger charge is -2.04. The van der Waals surface area contributed by atoms with Crippen LogP contribution < -0.4 is 10.9 Å². The molecule has 0 aromatic carbocycles. The van der Waals surface area contributed by atoms with Crippen LogP contribution in [0.5, 0.6) is 0 Å². The van der Waals surface area contributed by atoms with Gasteiger partial charge in [0.05, 0.1) is 5.69 Å². The molecule has 16 heavy (non-hydrogen) atoms. The van der Waals surface area contributed by atoms with E-state index >= 15 is 0 Å². The van der Waals surface area contributed by atoms with Crippen molar-refractivity contribution in [3.63, 3.8) is 0 Å². The van der Waals surface area contributed by atoms with Gasteiger partial charge in [-0.3, -0.25) is 4.79 Å². The molecule has 0 unspecified atom stereocenters. The van der Waals surface area contributed by atoms with Crippen LogP contribution in [0, 0.1) is 0 Å². The molecule has 4 heteroatoms. The van der Waals surface area contributed by atoms with Crippen molar-refractivity contribution >= 4 is 0 Å². The van der Waals surface area contributed by atoms with Gasteiger partial charge >= 0.3 is 0 Å². The molecule has 0 aliphatic carbocycles. The molecular formula is C12H21N3O. The number of aromatic amines is 1. The highest BCUT2D eigenvalue weighted by atomic mass is 16.1. The summed E-state index contributed by atoms with van der Waals surface area (Å²) in [4.78, 5) is 18.6. The number of nitrogens with zero attached hydrogens (tertiary/aromatic N) is 1. The highest BCUT2D eigenvalue weighted by Crippen LogP contribution is 1.98. The zero-order chi connectivity index (χ0) is 11.8. The molecule has 0 atom stereocenters. The second kappa shape index (κ2) is 7.17. The van der Waals surface area contributed by atoms with E-state index in [9.17, 15) is 4.79 Å². The highest BCUT2D eigenvalue weighted by Gasteiger charge is 2.00. The summed E-state index contributed by atoms with van der Waals surface area (Å²) in [5.74, 6) is 0.808. The Hall–Kier alpha value is -1.16. The second-order valence-corrected chi connectivity index (χ2v) is 3.96. The molecule has 2 N–H and O–H groups in total. The Kier molecular flexibility index (Phi) is 5.78. The van der Waals surface area contributed by atoms with Gasteiger partial charge in [-0.2, -0.15) is 0 Å². The smallest absolute Gasteiger partial charge is 0.251 e. The maximum atomic E-state index is 11.4. The molecule has 90 valence electrons. The molecule has 0 saturated heterocycles. The molecule has 0 radical (unpaired) electrons. The Morgan fingerprint density at radius 3 is 2.88 bits per heavy atom. The minimum absolute atomic E-state index is 0.0469. The molecule has 0 fully saturated rings. The number of rotatable bonds is 7. The fourth-order valence-electron chi connectivity index (χ4n) is 1.51. The monoisotopic (exact) mass is 223 g/mol. The van der Waals surface area contributed by atoms with Crippen LogP contribution >= 0.6 is 0 Å². The standard InChI is InChI=1S/C12H21N3O/c1-3-5-6-11-14-10(8-12(16)15-11)9-13-7-4-2/h8,13H,3-7,9H2,1-2H3,(H,14,15,16). The van der Waals surface area contributed by atoms with Gasteiger partial charge in [0.1, 0.15) is 5.82 Å². The normalized spacial score (nSPS) is 10.6. The molecule has 0 amide bonds. The third-order valence-electron chi connectivity index (χ3n) is 2.34. The van der Waals surface area contributed by atoms with Gasteiger partial charge in [-0.15, -0.1) is 0 Å². The summed E-state index contributed by atoms with van der Waals surface area (Å²) >= 11 is 0. The fraction of sp³-hybridized carbons (Fsp3) is 0.667. The fourth-order valence-corrected chi connectivity index (χ4v) is 1.51. The van der Waals surface area contributed by atoms with Crippen LogP contribution in [0.3, 0.4) is 0 Å². The number of hydrogen-bond donors (Lipinski definition) is 2. The van der Waals surface area contributed by atoms with E-state index in [4.69, 9.17) is 0 Å². The van der Waals surface area contributed by atoms with E-state index in [2.05, 4.69) is 29.1 Å². The first-order valence-electron chi connectivity index (χ1n) is 6.06. The molecule has 0 saturated carbocycles. The summed E-state index contributed by atoms with van der Waals surface area (Å²) in [6.07, 6.45) is 4.12. The molecule has 1 heterocycles. The number of aryl methyl sites for hydroxylation is 1. The van der Waals surface area contributed by atoms with Gasteiger partial charge in [-0.05, 0) is 19.4 Å². The Labute approximate surface area is 96.5 Å². The molecule has 0 aliphatic rings. The van der Waals surface area contributed by atoms with E-state index in [0.29, 0.717) is 6.54 Å². The van der Waals surface area contributed by atoms with Gasteiger partial charge in [0.25, 0.3) is 5.56 Å². The molecular weight excluding hydrogens is 202 g/mol. The SMILES string of the molecule is CCCCc1nc(CNCCC)cc(=O)[nH]1. The van der Waals surface area contributed by atoms with Crippen LogP contribution in [0.4, 0.5) is 0 Å². The van der Waals surface area contributed by atoms with E-state index in [0.717, 1.165) is 43.7 Å². The lowest BCUT2D eigenvalue weighted by atomic mass is 10.2. The average Bonchev–Trinajstić information content (AvgIpc) is 2.26. The first-order chi connectivity index (χ1) is 7.76. The molecule has 1 aromatic heterocycles. The van der Waals surface area contributed by atoms with Crippen molar-refractivity contribution < 1.29 is 0 Å². The number of H-pyrrole nitrogens is 1. The number of unbranched alkanes of at least 4 members (excludes halogenated alkanes) is 1. The predicted octanol–water partition coefficient (Wildman–Crippen LogP) is 1.61. The number of nitrogens with one attached hydrogen (secondary N) is 2. The lowest BCUT2D eigenvalue weighted by molar-refractivity contribution is 0.652. The largest absolute Gasteiger partial charge is 0.311 e. The van der Waals surface area contributed by atoms with Crippen LogP contribution in [0.1, 0.15) is 44.6 Å². The maximum absolute atomic E-state index is 11.4. The zero-order valence-corrected chi connectivity index (χ0v) is 10.2. The molecule has 1 aromatic rings. The average molecular weight is 223 g/mol. The highest BCUT2D eigenvalue weighted by molar-refractivity contribution is 5.02. The van der Waals surface area contributed by atoms with E-state index < -0.39 is 0 Å². The van der Waals surface area contributed by atoms with Crippen LogP contribution in [-0.2, 0) is 13.0 Å². The number of aromatic nitrogens is 2. The topological polar surface area (TPSA) is 57.8 Å². The van der Waals surface area contributed by atoms with E-state index in [1.807, 2.05) is 0 Å². The summed E-state index contributed by atoms with van der Waals surface area (Å²) in [6.45, 7) is 5.88. The summed E-state index contributed by atoms with van der Waals surface area (Å²) in [5, 5.41) is 3.25. The van der Waals surface area contributed by atoms with E-state index in [1.165, 1.54) is 0 Å². The van der Waals surface area contributed by atoms with Gasteiger partial charge in [0, 0.05) is 19.0 Å². The molecule has 0 spiro atoms. The Morgan fingerprint density at radius 2 is 2.19 bits per heavy atom. The van der Waals surface area contributed by atoms with Crippen molar-refractivity contribution in [3.8, 4) is 0 Å². The second-order valence-electron chi connectivity index (χ2n) is 3.96. The Bertz CT molecular complexity index is 360. The lowest BCUT2D eigenvalue weighted by Crippen LogP contribution is -2.19. The maximum Gasteiger partial charge on any atom is 0.251 e. The first-order valence-corrected chi connectivity index (χ1v) is 6.06. The zero-order valence-electron chi connectivity index (χ0n) is 10.2. The van der Waals surface area contributed by atoms with Gasteiger partial charge in [0.15, 0.2) is 0 Å². The van der Waals surface area contributed by atoms with Crippen molar-refractivity contribution in [2.45, 2.75) is 46.1 Å². The predicted molar refractivity (Wildman–Crippen MR) is 65.5 cm³/mol. The summed E-state index contributed by atoms with van der Waals surface area (Å²) in [5.41, 5.74) is 0.790. The number of hydrogen-bond acceptors (Lipinski definition) is 3. The third-order valence-corrected chi connectivity index (χ3v) is 2.34. The summed E-state index contributed by atoms with van der Waals surface area (Å²) < 4.78 is 0.